The highest BCUT2D eigenvalue weighted by Gasteiger charge is 2.32. The smallest absolute Gasteiger partial charge is 0.326 e. The third-order valence-corrected chi connectivity index (χ3v) is 2.71. The molecule has 0 aromatic carbocycles. The van der Waals surface area contributed by atoms with E-state index in [0.29, 0.717) is 19.1 Å². The Morgan fingerprint density at radius 1 is 1.33 bits per heavy atom. The van der Waals surface area contributed by atoms with Crippen LogP contribution in [0.1, 0.15) is 47.5 Å². The molecule has 0 heterocycles. The Balaban J connectivity index is 4.06. The highest BCUT2D eigenvalue weighted by atomic mass is 16.5. The van der Waals surface area contributed by atoms with Crippen LogP contribution in [0.15, 0.2) is 0 Å². The summed E-state index contributed by atoms with van der Waals surface area (Å²) in [6.45, 7) is 12.6. The van der Waals surface area contributed by atoms with Gasteiger partial charge in [-0.15, -0.1) is 0 Å². The van der Waals surface area contributed by atoms with Crippen molar-refractivity contribution in [1.29, 1.82) is 0 Å². The summed E-state index contributed by atoms with van der Waals surface area (Å²) in [5, 5.41) is 3.21. The second kappa shape index (κ2) is 9.34. The van der Waals surface area contributed by atoms with Gasteiger partial charge in [0.1, 0.15) is 5.54 Å². The molecule has 0 amide bonds. The van der Waals surface area contributed by atoms with Crippen LogP contribution in [0.3, 0.4) is 0 Å². The van der Waals surface area contributed by atoms with Gasteiger partial charge in [0.25, 0.3) is 0 Å². The summed E-state index contributed by atoms with van der Waals surface area (Å²) >= 11 is 0. The number of carbonyl (C=O) groups excluding carboxylic acids is 1. The van der Waals surface area contributed by atoms with Crippen LogP contribution in [0.25, 0.3) is 0 Å². The van der Waals surface area contributed by atoms with Crippen molar-refractivity contribution in [1.82, 2.24) is 5.32 Å². The van der Waals surface area contributed by atoms with Crippen molar-refractivity contribution in [3.8, 4) is 0 Å². The van der Waals surface area contributed by atoms with Crippen LogP contribution in [-0.4, -0.2) is 37.9 Å². The number of carbonyl (C=O) groups is 1. The van der Waals surface area contributed by atoms with E-state index in [0.717, 1.165) is 26.0 Å². The van der Waals surface area contributed by atoms with E-state index in [1.165, 1.54) is 0 Å². The molecule has 0 radical (unpaired) electrons. The molecule has 0 aliphatic carbocycles. The summed E-state index contributed by atoms with van der Waals surface area (Å²) in [7, 11) is 0. The van der Waals surface area contributed by atoms with E-state index in [2.05, 4.69) is 19.2 Å². The maximum atomic E-state index is 11.9. The van der Waals surface area contributed by atoms with Crippen molar-refractivity contribution >= 4 is 5.97 Å². The molecule has 0 rings (SSSR count). The van der Waals surface area contributed by atoms with Gasteiger partial charge < -0.3 is 14.8 Å². The minimum absolute atomic E-state index is 0.171. The lowest BCUT2D eigenvalue weighted by molar-refractivity contribution is -0.151. The van der Waals surface area contributed by atoms with E-state index in [4.69, 9.17) is 9.47 Å². The normalized spacial score (nSPS) is 14.6. The van der Waals surface area contributed by atoms with Gasteiger partial charge in [-0.2, -0.15) is 0 Å². The largest absolute Gasteiger partial charge is 0.465 e. The van der Waals surface area contributed by atoms with E-state index in [-0.39, 0.29) is 5.97 Å². The Kier molecular flexibility index (Phi) is 9.02. The van der Waals surface area contributed by atoms with Crippen molar-refractivity contribution in [2.45, 2.75) is 53.0 Å². The van der Waals surface area contributed by atoms with E-state index in [1.54, 1.807) is 0 Å². The van der Waals surface area contributed by atoms with Gasteiger partial charge in [-0.1, -0.05) is 20.8 Å². The molecule has 108 valence electrons. The first-order valence-electron chi connectivity index (χ1n) is 6.96. The molecule has 0 saturated carbocycles. The molecule has 1 unspecified atom stereocenters. The fraction of sp³-hybridized carbons (Fsp3) is 0.929. The maximum absolute atomic E-state index is 11.9. The number of esters is 1. The number of hydrogen-bond donors (Lipinski definition) is 1. The fourth-order valence-electron chi connectivity index (χ4n) is 1.79. The summed E-state index contributed by atoms with van der Waals surface area (Å²) in [5.41, 5.74) is -0.591. The van der Waals surface area contributed by atoms with Gasteiger partial charge in [-0.3, -0.25) is 4.79 Å². The second-order valence-electron chi connectivity index (χ2n) is 5.16. The van der Waals surface area contributed by atoms with E-state index >= 15 is 0 Å². The first-order valence-corrected chi connectivity index (χ1v) is 6.96. The van der Waals surface area contributed by atoms with Crippen LogP contribution in [0.5, 0.6) is 0 Å². The Morgan fingerprint density at radius 3 is 2.50 bits per heavy atom. The third-order valence-electron chi connectivity index (χ3n) is 2.71. The molecule has 0 aromatic heterocycles. The van der Waals surface area contributed by atoms with Crippen LogP contribution in [0.2, 0.25) is 0 Å². The number of likely N-dealkylation sites (N-methyl/N-ethyl adjacent to an activating group) is 1. The summed E-state index contributed by atoms with van der Waals surface area (Å²) < 4.78 is 10.6. The average molecular weight is 259 g/mol. The Morgan fingerprint density at radius 2 is 2.00 bits per heavy atom. The standard InChI is InChI=1S/C14H29NO3/c1-6-15-14(5,13(16)18-7-2)9-8-10-17-11-12(3)4/h12,15H,6-11H2,1-5H3. The minimum atomic E-state index is -0.591. The summed E-state index contributed by atoms with van der Waals surface area (Å²) in [6.07, 6.45) is 1.59. The molecule has 0 bridgehead atoms. The average Bonchev–Trinajstić information content (AvgIpc) is 2.28. The van der Waals surface area contributed by atoms with E-state index in [1.807, 2.05) is 20.8 Å². The Hall–Kier alpha value is -0.610. The molecule has 0 aliphatic rings. The van der Waals surface area contributed by atoms with Crippen molar-refractivity contribution in [3.05, 3.63) is 0 Å². The van der Waals surface area contributed by atoms with Gasteiger partial charge in [0, 0.05) is 13.2 Å². The van der Waals surface area contributed by atoms with Gasteiger partial charge in [0.05, 0.1) is 6.61 Å². The van der Waals surface area contributed by atoms with E-state index in [9.17, 15) is 4.79 Å². The van der Waals surface area contributed by atoms with Gasteiger partial charge >= 0.3 is 5.97 Å². The molecule has 18 heavy (non-hydrogen) atoms. The quantitative estimate of drug-likeness (QED) is 0.483. The summed E-state index contributed by atoms with van der Waals surface area (Å²) in [6, 6.07) is 0. The molecule has 0 spiro atoms. The molecular weight excluding hydrogens is 230 g/mol. The summed E-state index contributed by atoms with van der Waals surface area (Å²) in [4.78, 5) is 11.9. The van der Waals surface area contributed by atoms with Crippen molar-refractivity contribution in [3.63, 3.8) is 0 Å². The van der Waals surface area contributed by atoms with Crippen LogP contribution < -0.4 is 5.32 Å². The molecule has 0 fully saturated rings. The predicted molar refractivity (Wildman–Crippen MR) is 73.6 cm³/mol. The van der Waals surface area contributed by atoms with Crippen LogP contribution >= 0.6 is 0 Å². The van der Waals surface area contributed by atoms with Gasteiger partial charge in [-0.25, -0.2) is 0 Å². The molecule has 4 nitrogen and oxygen atoms in total. The summed E-state index contributed by atoms with van der Waals surface area (Å²) in [5.74, 6) is 0.380. The lowest BCUT2D eigenvalue weighted by Gasteiger charge is -2.28. The zero-order valence-electron chi connectivity index (χ0n) is 12.5. The van der Waals surface area contributed by atoms with Gasteiger partial charge in [-0.05, 0) is 39.2 Å². The number of nitrogens with one attached hydrogen (secondary N) is 1. The van der Waals surface area contributed by atoms with Crippen molar-refractivity contribution < 1.29 is 14.3 Å². The third kappa shape index (κ3) is 6.97. The zero-order chi connectivity index (χ0) is 14.0. The van der Waals surface area contributed by atoms with Gasteiger partial charge in [0.2, 0.25) is 0 Å². The Labute approximate surface area is 111 Å². The predicted octanol–water partition coefficient (Wildman–Crippen LogP) is 2.37. The SMILES string of the molecule is CCNC(C)(CCCOCC(C)C)C(=O)OCC. The highest BCUT2D eigenvalue weighted by molar-refractivity contribution is 5.80. The van der Waals surface area contributed by atoms with Crippen molar-refractivity contribution in [2.75, 3.05) is 26.4 Å². The molecule has 0 aliphatic heterocycles. The van der Waals surface area contributed by atoms with E-state index < -0.39 is 5.54 Å². The first-order chi connectivity index (χ1) is 8.46. The van der Waals surface area contributed by atoms with Crippen LogP contribution in [0.4, 0.5) is 0 Å². The number of rotatable bonds is 10. The monoisotopic (exact) mass is 259 g/mol. The number of hydrogen-bond acceptors (Lipinski definition) is 4. The molecular formula is C14H29NO3. The highest BCUT2D eigenvalue weighted by Crippen LogP contribution is 2.15. The molecule has 1 N–H and O–H groups in total. The fourth-order valence-corrected chi connectivity index (χ4v) is 1.79. The van der Waals surface area contributed by atoms with Crippen LogP contribution in [-0.2, 0) is 14.3 Å². The molecule has 1 atom stereocenters. The van der Waals surface area contributed by atoms with Crippen LogP contribution in [0, 0.1) is 5.92 Å². The Bertz CT molecular complexity index is 231. The first kappa shape index (κ1) is 17.4. The molecule has 0 saturated heterocycles. The zero-order valence-corrected chi connectivity index (χ0v) is 12.5. The molecule has 4 heteroatoms. The van der Waals surface area contributed by atoms with Crippen molar-refractivity contribution in [2.24, 2.45) is 5.92 Å². The lowest BCUT2D eigenvalue weighted by Crippen LogP contribution is -2.50. The van der Waals surface area contributed by atoms with Gasteiger partial charge in [0.15, 0.2) is 0 Å². The lowest BCUT2D eigenvalue weighted by atomic mass is 9.96. The maximum Gasteiger partial charge on any atom is 0.326 e. The number of ether oxygens (including phenoxy) is 2. The minimum Gasteiger partial charge on any atom is -0.465 e. The topological polar surface area (TPSA) is 47.6 Å². The second-order valence-corrected chi connectivity index (χ2v) is 5.16. The molecule has 0 aromatic rings.